The summed E-state index contributed by atoms with van der Waals surface area (Å²) in [5.74, 6) is 0.0544. The summed E-state index contributed by atoms with van der Waals surface area (Å²) in [5, 5.41) is 9.48. The third kappa shape index (κ3) is 1.43. The van der Waals surface area contributed by atoms with Crippen molar-refractivity contribution in [2.75, 3.05) is 0 Å². The van der Waals surface area contributed by atoms with E-state index >= 15 is 0 Å². The van der Waals surface area contributed by atoms with Gasteiger partial charge in [-0.3, -0.25) is 4.79 Å². The molecule has 1 aromatic rings. The SMILES string of the molecule is CC1(C)CC1(C(=O)O)c1ccc(C2CC2)cc1. The molecule has 1 unspecified atom stereocenters. The summed E-state index contributed by atoms with van der Waals surface area (Å²) in [6, 6.07) is 8.28. The van der Waals surface area contributed by atoms with E-state index in [0.29, 0.717) is 0 Å². The van der Waals surface area contributed by atoms with Crippen molar-refractivity contribution < 1.29 is 9.90 Å². The lowest BCUT2D eigenvalue weighted by molar-refractivity contribution is -0.141. The Morgan fingerprint density at radius 3 is 2.12 bits per heavy atom. The molecule has 2 fully saturated rings. The van der Waals surface area contributed by atoms with Gasteiger partial charge in [-0.25, -0.2) is 0 Å². The Kier molecular flexibility index (Phi) is 1.99. The maximum absolute atomic E-state index is 11.5. The van der Waals surface area contributed by atoms with Gasteiger partial charge >= 0.3 is 5.97 Å². The first-order valence-electron chi connectivity index (χ1n) is 6.31. The summed E-state index contributed by atoms with van der Waals surface area (Å²) in [6.45, 7) is 4.08. The minimum atomic E-state index is -0.679. The molecule has 0 aromatic heterocycles. The van der Waals surface area contributed by atoms with Gasteiger partial charge in [0.2, 0.25) is 0 Å². The molecule has 90 valence electrons. The molecule has 0 saturated heterocycles. The van der Waals surface area contributed by atoms with Crippen LogP contribution in [0.1, 0.15) is 50.2 Å². The van der Waals surface area contributed by atoms with Gasteiger partial charge in [-0.15, -0.1) is 0 Å². The fourth-order valence-electron chi connectivity index (χ4n) is 3.06. The van der Waals surface area contributed by atoms with Gasteiger partial charge in [0.05, 0.1) is 5.41 Å². The second-order valence-electron chi connectivity index (χ2n) is 6.17. The molecule has 2 heteroatoms. The first-order valence-corrected chi connectivity index (χ1v) is 6.31. The quantitative estimate of drug-likeness (QED) is 0.865. The Bertz CT molecular complexity index is 468. The lowest BCUT2D eigenvalue weighted by atomic mass is 9.87. The van der Waals surface area contributed by atoms with Crippen LogP contribution in [-0.4, -0.2) is 11.1 Å². The average Bonchev–Trinajstić information content (AvgIpc) is 3.14. The number of aliphatic carboxylic acids is 1. The van der Waals surface area contributed by atoms with Crippen LogP contribution in [0.2, 0.25) is 0 Å². The van der Waals surface area contributed by atoms with Gasteiger partial charge < -0.3 is 5.11 Å². The van der Waals surface area contributed by atoms with Gasteiger partial charge in [-0.2, -0.15) is 0 Å². The molecule has 0 radical (unpaired) electrons. The van der Waals surface area contributed by atoms with Crippen molar-refractivity contribution in [3.8, 4) is 0 Å². The molecule has 17 heavy (non-hydrogen) atoms. The van der Waals surface area contributed by atoms with Crippen molar-refractivity contribution in [2.24, 2.45) is 5.41 Å². The average molecular weight is 230 g/mol. The molecule has 2 saturated carbocycles. The van der Waals surface area contributed by atoms with Gasteiger partial charge in [0.1, 0.15) is 0 Å². The molecular weight excluding hydrogens is 212 g/mol. The van der Waals surface area contributed by atoms with Crippen LogP contribution in [0.5, 0.6) is 0 Å². The summed E-state index contributed by atoms with van der Waals surface area (Å²) < 4.78 is 0. The molecule has 0 aliphatic heterocycles. The Hall–Kier alpha value is -1.31. The molecule has 0 amide bonds. The molecule has 2 nitrogen and oxygen atoms in total. The summed E-state index contributed by atoms with van der Waals surface area (Å²) in [4.78, 5) is 11.5. The van der Waals surface area contributed by atoms with E-state index in [4.69, 9.17) is 0 Å². The zero-order chi connectivity index (χ0) is 12.3. The number of hydrogen-bond donors (Lipinski definition) is 1. The molecule has 0 spiro atoms. The minimum absolute atomic E-state index is 0.111. The summed E-state index contributed by atoms with van der Waals surface area (Å²) in [6.07, 6.45) is 3.32. The Balaban J connectivity index is 1.95. The van der Waals surface area contributed by atoms with Gasteiger partial charge in [-0.1, -0.05) is 38.1 Å². The Morgan fingerprint density at radius 2 is 1.76 bits per heavy atom. The fourth-order valence-corrected chi connectivity index (χ4v) is 3.06. The van der Waals surface area contributed by atoms with Crippen molar-refractivity contribution in [1.82, 2.24) is 0 Å². The van der Waals surface area contributed by atoms with Crippen LogP contribution in [0.25, 0.3) is 0 Å². The highest BCUT2D eigenvalue weighted by Crippen LogP contribution is 2.64. The normalized spacial score (nSPS) is 30.0. The standard InChI is InChI=1S/C15H18O2/c1-14(2)9-15(14,13(16)17)12-7-5-11(6-8-12)10-3-4-10/h5-8,10H,3-4,9H2,1-2H3,(H,16,17). The molecular formula is C15H18O2. The third-order valence-corrected chi connectivity index (χ3v) is 4.55. The first kappa shape index (κ1) is 10.8. The minimum Gasteiger partial charge on any atom is -0.481 e. The van der Waals surface area contributed by atoms with Crippen LogP contribution >= 0.6 is 0 Å². The number of rotatable bonds is 3. The number of hydrogen-bond acceptors (Lipinski definition) is 1. The molecule has 1 N–H and O–H groups in total. The van der Waals surface area contributed by atoms with Crippen LogP contribution in [0.15, 0.2) is 24.3 Å². The summed E-state index contributed by atoms with van der Waals surface area (Å²) >= 11 is 0. The van der Waals surface area contributed by atoms with Crippen LogP contribution in [0.3, 0.4) is 0 Å². The largest absolute Gasteiger partial charge is 0.481 e. The molecule has 1 aromatic carbocycles. The lowest BCUT2D eigenvalue weighted by Gasteiger charge is -2.16. The van der Waals surface area contributed by atoms with Crippen molar-refractivity contribution in [3.63, 3.8) is 0 Å². The van der Waals surface area contributed by atoms with E-state index in [1.54, 1.807) is 0 Å². The van der Waals surface area contributed by atoms with Crippen molar-refractivity contribution in [3.05, 3.63) is 35.4 Å². The highest BCUT2D eigenvalue weighted by Gasteiger charge is 2.67. The van der Waals surface area contributed by atoms with E-state index in [1.807, 2.05) is 26.0 Å². The van der Waals surface area contributed by atoms with Gasteiger partial charge in [-0.05, 0) is 41.7 Å². The molecule has 1 atom stereocenters. The van der Waals surface area contributed by atoms with Crippen molar-refractivity contribution in [1.29, 1.82) is 0 Å². The zero-order valence-electron chi connectivity index (χ0n) is 10.4. The van der Waals surface area contributed by atoms with Crippen LogP contribution in [-0.2, 0) is 10.2 Å². The van der Waals surface area contributed by atoms with Gasteiger partial charge in [0.15, 0.2) is 0 Å². The van der Waals surface area contributed by atoms with Gasteiger partial charge in [0.25, 0.3) is 0 Å². The number of carbonyl (C=O) groups is 1. The van der Waals surface area contributed by atoms with Crippen molar-refractivity contribution >= 4 is 5.97 Å². The van der Waals surface area contributed by atoms with Gasteiger partial charge in [0, 0.05) is 0 Å². The van der Waals surface area contributed by atoms with E-state index in [1.165, 1.54) is 18.4 Å². The number of carboxylic acid groups (broad SMARTS) is 1. The molecule has 2 aliphatic carbocycles. The summed E-state index contributed by atoms with van der Waals surface area (Å²) in [7, 11) is 0. The number of benzene rings is 1. The van der Waals surface area contributed by atoms with Crippen LogP contribution in [0, 0.1) is 5.41 Å². The second kappa shape index (κ2) is 3.12. The van der Waals surface area contributed by atoms with E-state index in [-0.39, 0.29) is 5.41 Å². The third-order valence-electron chi connectivity index (χ3n) is 4.55. The monoisotopic (exact) mass is 230 g/mol. The maximum atomic E-state index is 11.5. The summed E-state index contributed by atoms with van der Waals surface area (Å²) in [5.41, 5.74) is 1.59. The first-order chi connectivity index (χ1) is 7.97. The van der Waals surface area contributed by atoms with E-state index in [0.717, 1.165) is 17.9 Å². The lowest BCUT2D eigenvalue weighted by Crippen LogP contribution is -2.25. The van der Waals surface area contributed by atoms with Crippen LogP contribution in [0.4, 0.5) is 0 Å². The fraction of sp³-hybridized carbons (Fsp3) is 0.533. The smallest absolute Gasteiger partial charge is 0.314 e. The molecule has 3 rings (SSSR count). The van der Waals surface area contributed by atoms with E-state index in [9.17, 15) is 9.90 Å². The Labute approximate surface area is 102 Å². The zero-order valence-corrected chi connectivity index (χ0v) is 10.4. The van der Waals surface area contributed by atoms with Crippen molar-refractivity contribution in [2.45, 2.75) is 44.4 Å². The van der Waals surface area contributed by atoms with E-state index < -0.39 is 11.4 Å². The highest BCUT2D eigenvalue weighted by atomic mass is 16.4. The molecule has 0 bridgehead atoms. The Morgan fingerprint density at radius 1 is 1.24 bits per heavy atom. The topological polar surface area (TPSA) is 37.3 Å². The predicted molar refractivity (Wildman–Crippen MR) is 66.1 cm³/mol. The molecule has 2 aliphatic rings. The number of carboxylic acids is 1. The maximum Gasteiger partial charge on any atom is 0.314 e. The predicted octanol–water partition coefficient (Wildman–Crippen LogP) is 3.32. The second-order valence-corrected chi connectivity index (χ2v) is 6.17. The van der Waals surface area contributed by atoms with E-state index in [2.05, 4.69) is 12.1 Å². The van der Waals surface area contributed by atoms with Crippen LogP contribution < -0.4 is 0 Å². The highest BCUT2D eigenvalue weighted by molar-refractivity contribution is 5.87. The molecule has 0 heterocycles.